The summed E-state index contributed by atoms with van der Waals surface area (Å²) >= 11 is 5.99. The van der Waals surface area contributed by atoms with Gasteiger partial charge in [-0.15, -0.1) is 11.6 Å². The first kappa shape index (κ1) is 10.6. The number of aromatic nitrogens is 2. The van der Waals surface area contributed by atoms with Crippen LogP contribution in [-0.2, 0) is 11.8 Å². The number of fused-ring (bicyclic) bond motifs is 1. The van der Waals surface area contributed by atoms with E-state index in [1.165, 1.54) is 0 Å². The lowest BCUT2D eigenvalue weighted by molar-refractivity contribution is -0.117. The Morgan fingerprint density at radius 2 is 2.29 bits per heavy atom. The van der Waals surface area contributed by atoms with E-state index in [0.717, 1.165) is 16.7 Å². The maximum Gasteiger partial charge on any atom is 0.228 e. The lowest BCUT2D eigenvalue weighted by atomic mass is 10.2. The van der Waals surface area contributed by atoms with Crippen LogP contribution in [0.25, 0.3) is 11.0 Å². The molecule has 0 bridgehead atoms. The number of hydrogen-bond acceptors (Lipinski definition) is 2. The van der Waals surface area contributed by atoms with Crippen molar-refractivity contribution < 1.29 is 4.79 Å². The van der Waals surface area contributed by atoms with E-state index >= 15 is 0 Å². The second kappa shape index (κ2) is 3.74. The molecule has 1 fully saturated rings. The molecule has 0 saturated carbocycles. The minimum absolute atomic E-state index is 0.0815. The van der Waals surface area contributed by atoms with Crippen LogP contribution >= 0.6 is 11.6 Å². The highest BCUT2D eigenvalue weighted by Crippen LogP contribution is 2.26. The molecule has 0 radical (unpaired) electrons. The Balaban J connectivity index is 2.03. The number of halogens is 1. The zero-order chi connectivity index (χ0) is 12.0. The first-order chi connectivity index (χ1) is 8.15. The van der Waals surface area contributed by atoms with Crippen LogP contribution in [0.1, 0.15) is 6.42 Å². The Morgan fingerprint density at radius 3 is 3.00 bits per heavy atom. The first-order valence-electron chi connectivity index (χ1n) is 5.50. The minimum Gasteiger partial charge on any atom is -0.334 e. The fourth-order valence-electron chi connectivity index (χ4n) is 2.21. The number of anilines is 1. The molecular weight excluding hydrogens is 238 g/mol. The van der Waals surface area contributed by atoms with E-state index in [0.29, 0.717) is 13.0 Å². The molecule has 1 aliphatic heterocycles. The van der Waals surface area contributed by atoms with Gasteiger partial charge in [-0.05, 0) is 18.2 Å². The summed E-state index contributed by atoms with van der Waals surface area (Å²) in [6.07, 6.45) is 2.19. The van der Waals surface area contributed by atoms with Gasteiger partial charge in [0.05, 0.1) is 22.7 Å². The van der Waals surface area contributed by atoms with E-state index < -0.39 is 0 Å². The van der Waals surface area contributed by atoms with E-state index in [1.807, 2.05) is 29.8 Å². The molecule has 0 N–H and O–H groups in total. The van der Waals surface area contributed by atoms with Crippen LogP contribution in [0.15, 0.2) is 24.5 Å². The summed E-state index contributed by atoms with van der Waals surface area (Å²) in [4.78, 5) is 17.8. The number of imidazole rings is 1. The van der Waals surface area contributed by atoms with Crippen molar-refractivity contribution in [1.29, 1.82) is 0 Å². The van der Waals surface area contributed by atoms with Gasteiger partial charge in [0.15, 0.2) is 0 Å². The number of rotatable bonds is 1. The van der Waals surface area contributed by atoms with Gasteiger partial charge in [0.25, 0.3) is 0 Å². The SMILES string of the molecule is Cn1cnc2cc(N3CC(Cl)CC3=O)ccc21. The third-order valence-corrected chi connectivity index (χ3v) is 3.39. The average Bonchev–Trinajstić information content (AvgIpc) is 2.82. The number of alkyl halides is 1. The molecule has 2 aromatic rings. The van der Waals surface area contributed by atoms with Crippen LogP contribution in [0.2, 0.25) is 0 Å². The molecule has 4 nitrogen and oxygen atoms in total. The van der Waals surface area contributed by atoms with Crippen molar-refractivity contribution in [3.63, 3.8) is 0 Å². The van der Waals surface area contributed by atoms with Crippen molar-refractivity contribution in [1.82, 2.24) is 9.55 Å². The lowest BCUT2D eigenvalue weighted by Crippen LogP contribution is -2.24. The maximum absolute atomic E-state index is 11.7. The smallest absolute Gasteiger partial charge is 0.228 e. The van der Waals surface area contributed by atoms with Gasteiger partial charge in [-0.3, -0.25) is 4.79 Å². The van der Waals surface area contributed by atoms with E-state index in [4.69, 9.17) is 11.6 Å². The van der Waals surface area contributed by atoms with E-state index in [9.17, 15) is 4.79 Å². The summed E-state index contributed by atoms with van der Waals surface area (Å²) in [6.45, 7) is 0.582. The molecule has 2 heterocycles. The molecule has 1 aromatic carbocycles. The third kappa shape index (κ3) is 1.69. The maximum atomic E-state index is 11.7. The van der Waals surface area contributed by atoms with E-state index in [-0.39, 0.29) is 11.3 Å². The molecule has 5 heteroatoms. The molecule has 0 aliphatic carbocycles. The Labute approximate surface area is 104 Å². The van der Waals surface area contributed by atoms with Gasteiger partial charge in [0, 0.05) is 25.7 Å². The fraction of sp³-hybridized carbons (Fsp3) is 0.333. The van der Waals surface area contributed by atoms with Crippen molar-refractivity contribution >= 4 is 34.2 Å². The van der Waals surface area contributed by atoms with Gasteiger partial charge < -0.3 is 9.47 Å². The number of benzene rings is 1. The summed E-state index contributed by atoms with van der Waals surface area (Å²) in [5, 5.41) is -0.0815. The van der Waals surface area contributed by atoms with Crippen LogP contribution in [0.5, 0.6) is 0 Å². The van der Waals surface area contributed by atoms with Crippen molar-refractivity contribution in [2.24, 2.45) is 7.05 Å². The number of nitrogens with zero attached hydrogens (tertiary/aromatic N) is 3. The topological polar surface area (TPSA) is 38.1 Å². The van der Waals surface area contributed by atoms with Gasteiger partial charge in [-0.1, -0.05) is 0 Å². The van der Waals surface area contributed by atoms with Gasteiger partial charge in [0.1, 0.15) is 0 Å². The quantitative estimate of drug-likeness (QED) is 0.725. The molecule has 17 heavy (non-hydrogen) atoms. The molecule has 88 valence electrons. The number of carbonyl (C=O) groups is 1. The minimum atomic E-state index is -0.0815. The molecule has 0 spiro atoms. The molecule has 1 amide bonds. The monoisotopic (exact) mass is 249 g/mol. The predicted octanol–water partition coefficient (Wildman–Crippen LogP) is 1.92. The summed E-state index contributed by atoms with van der Waals surface area (Å²) in [5.41, 5.74) is 2.84. The highest BCUT2D eigenvalue weighted by Gasteiger charge is 2.29. The molecule has 1 atom stereocenters. The van der Waals surface area contributed by atoms with Crippen molar-refractivity contribution in [2.45, 2.75) is 11.8 Å². The second-order valence-electron chi connectivity index (χ2n) is 4.33. The van der Waals surface area contributed by atoms with E-state index in [2.05, 4.69) is 4.98 Å². The zero-order valence-corrected chi connectivity index (χ0v) is 10.2. The van der Waals surface area contributed by atoms with Gasteiger partial charge >= 0.3 is 0 Å². The van der Waals surface area contributed by atoms with Gasteiger partial charge in [-0.25, -0.2) is 4.98 Å². The Kier molecular flexibility index (Phi) is 2.33. The van der Waals surface area contributed by atoms with Crippen LogP contribution in [0.4, 0.5) is 5.69 Å². The van der Waals surface area contributed by atoms with Crippen LogP contribution in [0.3, 0.4) is 0 Å². The molecule has 1 unspecified atom stereocenters. The Bertz CT molecular complexity index is 592. The third-order valence-electron chi connectivity index (χ3n) is 3.10. The molecule has 1 aromatic heterocycles. The number of amides is 1. The van der Waals surface area contributed by atoms with Crippen LogP contribution in [0, 0.1) is 0 Å². The van der Waals surface area contributed by atoms with Crippen LogP contribution in [-0.4, -0.2) is 27.4 Å². The summed E-state index contributed by atoms with van der Waals surface area (Å²) in [7, 11) is 1.95. The largest absolute Gasteiger partial charge is 0.334 e. The highest BCUT2D eigenvalue weighted by atomic mass is 35.5. The number of carbonyl (C=O) groups excluding carboxylic acids is 1. The molecule has 1 saturated heterocycles. The Hall–Kier alpha value is -1.55. The fourth-order valence-corrected chi connectivity index (χ4v) is 2.48. The normalized spacial score (nSPS) is 20.5. The Morgan fingerprint density at radius 1 is 1.47 bits per heavy atom. The lowest BCUT2D eigenvalue weighted by Gasteiger charge is -2.15. The van der Waals surface area contributed by atoms with Crippen molar-refractivity contribution in [3.8, 4) is 0 Å². The van der Waals surface area contributed by atoms with Crippen molar-refractivity contribution in [3.05, 3.63) is 24.5 Å². The summed E-state index contributed by atoms with van der Waals surface area (Å²) < 4.78 is 1.95. The number of hydrogen-bond donors (Lipinski definition) is 0. The number of aryl methyl sites for hydroxylation is 1. The molecular formula is C12H12ClN3O. The van der Waals surface area contributed by atoms with Crippen LogP contribution < -0.4 is 4.90 Å². The standard InChI is InChI=1S/C12H12ClN3O/c1-15-7-14-10-5-9(2-3-11(10)15)16-6-8(13)4-12(16)17/h2-3,5,7-8H,4,6H2,1H3. The molecule has 1 aliphatic rings. The first-order valence-corrected chi connectivity index (χ1v) is 5.94. The van der Waals surface area contributed by atoms with Gasteiger partial charge in [0.2, 0.25) is 5.91 Å². The van der Waals surface area contributed by atoms with E-state index in [1.54, 1.807) is 11.2 Å². The summed E-state index contributed by atoms with van der Waals surface area (Å²) in [6, 6.07) is 5.85. The highest BCUT2D eigenvalue weighted by molar-refractivity contribution is 6.24. The molecule has 3 rings (SSSR count). The summed E-state index contributed by atoms with van der Waals surface area (Å²) in [5.74, 6) is 0.0836. The average molecular weight is 250 g/mol. The predicted molar refractivity (Wildman–Crippen MR) is 67.3 cm³/mol. The second-order valence-corrected chi connectivity index (χ2v) is 4.95. The van der Waals surface area contributed by atoms with Crippen molar-refractivity contribution in [2.75, 3.05) is 11.4 Å². The van der Waals surface area contributed by atoms with Gasteiger partial charge in [-0.2, -0.15) is 0 Å². The zero-order valence-electron chi connectivity index (χ0n) is 9.43.